The first-order valence-corrected chi connectivity index (χ1v) is 6.32. The zero-order chi connectivity index (χ0) is 15.0. The van der Waals surface area contributed by atoms with Gasteiger partial charge in [-0.15, -0.1) is 0 Å². The molecular weight excluding hydrogens is 252 g/mol. The van der Waals surface area contributed by atoms with Gasteiger partial charge in [0.1, 0.15) is 17.7 Å². The first-order chi connectivity index (χ1) is 9.65. The maximum atomic E-state index is 12.0. The van der Waals surface area contributed by atoms with Crippen molar-refractivity contribution in [3.05, 3.63) is 41.6 Å². The summed E-state index contributed by atoms with van der Waals surface area (Å²) in [6, 6.07) is 10.5. The minimum atomic E-state index is -0.512. The maximum absolute atomic E-state index is 12.0. The Bertz CT molecular complexity index is 589. The summed E-state index contributed by atoms with van der Waals surface area (Å²) in [7, 11) is 0. The van der Waals surface area contributed by atoms with E-state index in [0.717, 1.165) is 0 Å². The van der Waals surface area contributed by atoms with E-state index in [4.69, 9.17) is 10.5 Å². The lowest BCUT2D eigenvalue weighted by Crippen LogP contribution is -2.21. The lowest BCUT2D eigenvalue weighted by atomic mass is 10.2. The Balaban J connectivity index is 2.95. The molecule has 1 aromatic rings. The van der Waals surface area contributed by atoms with Crippen molar-refractivity contribution in [1.82, 2.24) is 4.90 Å². The molecule has 0 aliphatic heterocycles. The molecule has 0 bridgehead atoms. The number of para-hydroxylation sites is 1. The number of carbonyl (C=O) groups is 1. The number of amides is 1. The molecule has 0 heterocycles. The molecule has 0 aliphatic rings. The molecule has 0 saturated heterocycles. The Hall–Kier alpha value is -2.79. The third-order valence-electron chi connectivity index (χ3n) is 2.78. The molecular formula is C15H16N4O. The van der Waals surface area contributed by atoms with Gasteiger partial charge in [0.25, 0.3) is 5.91 Å². The average Bonchev–Trinajstić information content (AvgIpc) is 2.49. The van der Waals surface area contributed by atoms with Crippen LogP contribution in [0.3, 0.4) is 0 Å². The number of anilines is 1. The van der Waals surface area contributed by atoms with Gasteiger partial charge in [-0.25, -0.2) is 0 Å². The molecule has 1 rings (SSSR count). The Morgan fingerprint density at radius 2 is 1.95 bits per heavy atom. The molecule has 1 N–H and O–H groups in total. The van der Waals surface area contributed by atoms with Gasteiger partial charge in [-0.2, -0.15) is 10.5 Å². The molecule has 102 valence electrons. The van der Waals surface area contributed by atoms with Crippen molar-refractivity contribution in [3.63, 3.8) is 0 Å². The van der Waals surface area contributed by atoms with Gasteiger partial charge < -0.3 is 10.2 Å². The van der Waals surface area contributed by atoms with Crippen LogP contribution in [0.1, 0.15) is 19.4 Å². The van der Waals surface area contributed by atoms with E-state index in [1.54, 1.807) is 24.3 Å². The summed E-state index contributed by atoms with van der Waals surface area (Å²) in [6.07, 6.45) is 1.53. The molecule has 20 heavy (non-hydrogen) atoms. The molecule has 0 radical (unpaired) electrons. The lowest BCUT2D eigenvalue weighted by molar-refractivity contribution is -0.112. The first kappa shape index (κ1) is 15.3. The van der Waals surface area contributed by atoms with Crippen molar-refractivity contribution < 1.29 is 4.79 Å². The SMILES string of the molecule is CCN(/C=C(/C#N)C(=O)Nc1ccccc1C#N)CC. The number of benzene rings is 1. The lowest BCUT2D eigenvalue weighted by Gasteiger charge is -2.15. The van der Waals surface area contributed by atoms with Gasteiger partial charge in [-0.3, -0.25) is 4.79 Å². The van der Waals surface area contributed by atoms with Gasteiger partial charge in [-0.05, 0) is 26.0 Å². The maximum Gasteiger partial charge on any atom is 0.267 e. The summed E-state index contributed by atoms with van der Waals surface area (Å²) >= 11 is 0. The van der Waals surface area contributed by atoms with Crippen LogP contribution in [0.25, 0.3) is 0 Å². The molecule has 0 unspecified atom stereocenters. The highest BCUT2D eigenvalue weighted by Crippen LogP contribution is 2.14. The number of nitrogens with zero attached hydrogens (tertiary/aromatic N) is 3. The van der Waals surface area contributed by atoms with Crippen molar-refractivity contribution in [2.24, 2.45) is 0 Å². The Labute approximate surface area is 118 Å². The molecule has 0 fully saturated rings. The zero-order valence-corrected chi connectivity index (χ0v) is 11.6. The molecule has 1 aromatic carbocycles. The fourth-order valence-corrected chi connectivity index (χ4v) is 1.61. The zero-order valence-electron chi connectivity index (χ0n) is 11.6. The number of nitrogens with one attached hydrogen (secondary N) is 1. The van der Waals surface area contributed by atoms with E-state index in [2.05, 4.69) is 5.32 Å². The standard InChI is InChI=1S/C15H16N4O/c1-3-19(4-2)11-13(10-17)15(20)18-14-8-6-5-7-12(14)9-16/h5-8,11H,3-4H2,1-2H3,(H,18,20)/b13-11-. The highest BCUT2D eigenvalue weighted by atomic mass is 16.1. The molecule has 5 heteroatoms. The summed E-state index contributed by atoms with van der Waals surface area (Å²) in [5.41, 5.74) is 0.781. The fraction of sp³-hybridized carbons (Fsp3) is 0.267. The van der Waals surface area contributed by atoms with E-state index in [-0.39, 0.29) is 5.57 Å². The van der Waals surface area contributed by atoms with Crippen molar-refractivity contribution in [3.8, 4) is 12.1 Å². The topological polar surface area (TPSA) is 79.9 Å². The second-order valence-corrected chi connectivity index (χ2v) is 3.99. The van der Waals surface area contributed by atoms with Crippen molar-refractivity contribution in [2.75, 3.05) is 18.4 Å². The van der Waals surface area contributed by atoms with Crippen molar-refractivity contribution in [1.29, 1.82) is 10.5 Å². The smallest absolute Gasteiger partial charge is 0.267 e. The number of carbonyl (C=O) groups excluding carboxylic acids is 1. The summed E-state index contributed by atoms with van der Waals surface area (Å²) in [4.78, 5) is 13.9. The number of rotatable bonds is 5. The van der Waals surface area contributed by atoms with Crippen molar-refractivity contribution in [2.45, 2.75) is 13.8 Å². The minimum Gasteiger partial charge on any atom is -0.377 e. The summed E-state index contributed by atoms with van der Waals surface area (Å²) in [6.45, 7) is 5.31. The van der Waals surface area contributed by atoms with Crippen molar-refractivity contribution >= 4 is 11.6 Å². The summed E-state index contributed by atoms with van der Waals surface area (Å²) < 4.78 is 0. The molecule has 5 nitrogen and oxygen atoms in total. The van der Waals surface area contributed by atoms with Crippen LogP contribution in [0, 0.1) is 22.7 Å². The molecule has 0 spiro atoms. The first-order valence-electron chi connectivity index (χ1n) is 6.32. The van der Waals surface area contributed by atoms with Gasteiger partial charge in [0.2, 0.25) is 0 Å². The van der Waals surface area contributed by atoms with E-state index >= 15 is 0 Å². The molecule has 1 amide bonds. The third kappa shape index (κ3) is 3.86. The Kier molecular flexibility index (Phi) is 5.80. The third-order valence-corrected chi connectivity index (χ3v) is 2.78. The van der Waals surface area contributed by atoms with Crippen LogP contribution < -0.4 is 5.32 Å². The van der Waals surface area contributed by atoms with Gasteiger partial charge in [0, 0.05) is 19.3 Å². The fourth-order valence-electron chi connectivity index (χ4n) is 1.61. The van der Waals surface area contributed by atoms with Crippen LogP contribution >= 0.6 is 0 Å². The predicted octanol–water partition coefficient (Wildman–Crippen LogP) is 2.25. The number of nitriles is 2. The molecule has 0 atom stereocenters. The van der Waals surface area contributed by atoms with Crippen LogP contribution in [0.4, 0.5) is 5.69 Å². The highest BCUT2D eigenvalue weighted by molar-refractivity contribution is 6.07. The molecule has 0 saturated carbocycles. The Morgan fingerprint density at radius 3 is 2.50 bits per heavy atom. The summed E-state index contributed by atoms with van der Waals surface area (Å²) in [5, 5.41) is 20.6. The molecule has 0 aromatic heterocycles. The second kappa shape index (κ2) is 7.60. The number of hydrogen-bond donors (Lipinski definition) is 1. The highest BCUT2D eigenvalue weighted by Gasteiger charge is 2.12. The largest absolute Gasteiger partial charge is 0.377 e. The van der Waals surface area contributed by atoms with Crippen LogP contribution in [-0.2, 0) is 4.79 Å². The number of hydrogen-bond acceptors (Lipinski definition) is 4. The van der Waals surface area contributed by atoms with E-state index < -0.39 is 5.91 Å². The van der Waals surface area contributed by atoms with Gasteiger partial charge in [0.05, 0.1) is 11.3 Å². The summed E-state index contributed by atoms with van der Waals surface area (Å²) in [5.74, 6) is -0.512. The van der Waals surface area contributed by atoms with Gasteiger partial charge >= 0.3 is 0 Å². The van der Waals surface area contributed by atoms with E-state index in [0.29, 0.717) is 24.3 Å². The van der Waals surface area contributed by atoms with Crippen LogP contribution in [0.15, 0.2) is 36.0 Å². The van der Waals surface area contributed by atoms with Gasteiger partial charge in [-0.1, -0.05) is 12.1 Å². The average molecular weight is 268 g/mol. The van der Waals surface area contributed by atoms with E-state index in [1.807, 2.05) is 30.9 Å². The normalized spacial score (nSPS) is 10.3. The van der Waals surface area contributed by atoms with Crippen LogP contribution in [-0.4, -0.2) is 23.9 Å². The minimum absolute atomic E-state index is 0.0152. The molecule has 0 aliphatic carbocycles. The van der Waals surface area contributed by atoms with Crippen LogP contribution in [0.5, 0.6) is 0 Å². The monoisotopic (exact) mass is 268 g/mol. The quantitative estimate of drug-likeness (QED) is 0.656. The van der Waals surface area contributed by atoms with Crippen LogP contribution in [0.2, 0.25) is 0 Å². The predicted molar refractivity (Wildman–Crippen MR) is 76.4 cm³/mol. The second-order valence-electron chi connectivity index (χ2n) is 3.99. The van der Waals surface area contributed by atoms with Gasteiger partial charge in [0.15, 0.2) is 0 Å². The Morgan fingerprint density at radius 1 is 1.30 bits per heavy atom. The van der Waals surface area contributed by atoms with E-state index in [9.17, 15) is 4.79 Å². The van der Waals surface area contributed by atoms with E-state index in [1.165, 1.54) is 6.20 Å².